The monoisotopic (exact) mass is 311 g/mol. The van der Waals surface area contributed by atoms with E-state index < -0.39 is 17.6 Å². The number of anilines is 1. The van der Waals surface area contributed by atoms with Gasteiger partial charge in [0.1, 0.15) is 16.7 Å². The lowest BCUT2D eigenvalue weighted by molar-refractivity contribution is 0.0585. The maximum absolute atomic E-state index is 13.7. The molecular weight excluding hydrogens is 300 g/mol. The number of nitrogens with zero attached hydrogens (tertiary/aromatic N) is 2. The molecule has 21 heavy (non-hydrogen) atoms. The highest BCUT2D eigenvalue weighted by Crippen LogP contribution is 2.32. The summed E-state index contributed by atoms with van der Waals surface area (Å²) in [5.74, 6) is -2.49. The van der Waals surface area contributed by atoms with Crippen molar-refractivity contribution in [3.05, 3.63) is 41.4 Å². The Bertz CT molecular complexity index is 687. The van der Waals surface area contributed by atoms with E-state index >= 15 is 0 Å². The molecule has 0 spiro atoms. The Morgan fingerprint density at radius 2 is 1.86 bits per heavy atom. The fourth-order valence-corrected chi connectivity index (χ4v) is 2.44. The second kappa shape index (κ2) is 6.04. The average Bonchev–Trinajstić information content (AvgIpc) is 2.41. The van der Waals surface area contributed by atoms with Crippen molar-refractivity contribution in [2.24, 2.45) is 0 Å². The first-order chi connectivity index (χ1) is 9.90. The van der Waals surface area contributed by atoms with Gasteiger partial charge in [-0.15, -0.1) is 0 Å². The molecule has 8 heteroatoms. The smallest absolute Gasteiger partial charge is 0.376 e. The van der Waals surface area contributed by atoms with Gasteiger partial charge >= 0.3 is 5.97 Å². The summed E-state index contributed by atoms with van der Waals surface area (Å²) < 4.78 is 32.0. The zero-order chi connectivity index (χ0) is 15.6. The number of hydrogen-bond donors (Lipinski definition) is 1. The number of carbonyl (C=O) groups is 1. The highest BCUT2D eigenvalue weighted by molar-refractivity contribution is 7.99. The van der Waals surface area contributed by atoms with Gasteiger partial charge in [-0.05, 0) is 25.1 Å². The predicted molar refractivity (Wildman–Crippen MR) is 73.0 cm³/mol. The Kier molecular flexibility index (Phi) is 4.37. The topological polar surface area (TPSA) is 78.1 Å². The minimum Gasteiger partial charge on any atom is -0.463 e. The Balaban J connectivity index is 2.40. The summed E-state index contributed by atoms with van der Waals surface area (Å²) in [6.45, 7) is 1.63. The van der Waals surface area contributed by atoms with Crippen LogP contribution in [0.5, 0.6) is 0 Å². The van der Waals surface area contributed by atoms with Gasteiger partial charge in [0.15, 0.2) is 0 Å². The summed E-state index contributed by atoms with van der Waals surface area (Å²) >= 11 is 0.741. The van der Waals surface area contributed by atoms with Crippen LogP contribution in [0, 0.1) is 18.6 Å². The number of esters is 1. The Morgan fingerprint density at radius 1 is 1.24 bits per heavy atom. The molecule has 0 aliphatic heterocycles. The fourth-order valence-electron chi connectivity index (χ4n) is 1.56. The zero-order valence-electron chi connectivity index (χ0n) is 11.2. The van der Waals surface area contributed by atoms with Crippen LogP contribution in [-0.4, -0.2) is 23.0 Å². The first-order valence-electron chi connectivity index (χ1n) is 5.77. The molecule has 0 aliphatic rings. The highest BCUT2D eigenvalue weighted by atomic mass is 32.2. The minimum absolute atomic E-state index is 0.0107. The summed E-state index contributed by atoms with van der Waals surface area (Å²) in [5.41, 5.74) is 5.82. The lowest BCUT2D eigenvalue weighted by Gasteiger charge is -2.07. The quantitative estimate of drug-likeness (QED) is 0.533. The van der Waals surface area contributed by atoms with Crippen molar-refractivity contribution in [1.82, 2.24) is 9.97 Å². The van der Waals surface area contributed by atoms with E-state index in [0.29, 0.717) is 5.69 Å². The molecule has 110 valence electrons. The number of aryl methyl sites for hydroxylation is 1. The van der Waals surface area contributed by atoms with Gasteiger partial charge in [0.05, 0.1) is 12.0 Å². The van der Waals surface area contributed by atoms with E-state index in [0.717, 1.165) is 23.9 Å². The molecule has 0 fully saturated rings. The average molecular weight is 311 g/mol. The van der Waals surface area contributed by atoms with E-state index in [1.54, 1.807) is 6.92 Å². The molecular formula is C13H11F2N3O2S. The summed E-state index contributed by atoms with van der Waals surface area (Å²) in [7, 11) is 1.19. The van der Waals surface area contributed by atoms with Crippen LogP contribution in [-0.2, 0) is 4.74 Å². The van der Waals surface area contributed by atoms with Crippen LogP contribution in [0.25, 0.3) is 0 Å². The van der Waals surface area contributed by atoms with Crippen LogP contribution in [0.1, 0.15) is 16.3 Å². The van der Waals surface area contributed by atoms with E-state index in [-0.39, 0.29) is 21.4 Å². The highest BCUT2D eigenvalue weighted by Gasteiger charge is 2.16. The molecule has 2 rings (SSSR count). The van der Waals surface area contributed by atoms with Gasteiger partial charge in [-0.3, -0.25) is 0 Å². The van der Waals surface area contributed by atoms with Gasteiger partial charge in [-0.1, -0.05) is 11.8 Å². The summed E-state index contributed by atoms with van der Waals surface area (Å²) in [6.07, 6.45) is 0. The molecule has 2 N–H and O–H groups in total. The number of nitrogen functional groups attached to an aromatic ring is 1. The third-order valence-corrected chi connectivity index (χ3v) is 3.44. The lowest BCUT2D eigenvalue weighted by atomic mass is 10.3. The Morgan fingerprint density at radius 3 is 2.43 bits per heavy atom. The van der Waals surface area contributed by atoms with Crippen molar-refractivity contribution < 1.29 is 18.3 Å². The number of hydrogen-bond acceptors (Lipinski definition) is 6. The first-order valence-corrected chi connectivity index (χ1v) is 6.58. The van der Waals surface area contributed by atoms with Crippen LogP contribution in [0.3, 0.4) is 0 Å². The fraction of sp³-hybridized carbons (Fsp3) is 0.154. The number of benzene rings is 1. The van der Waals surface area contributed by atoms with E-state index in [9.17, 15) is 13.6 Å². The normalized spacial score (nSPS) is 10.5. The van der Waals surface area contributed by atoms with E-state index in [2.05, 4.69) is 14.7 Å². The molecule has 0 unspecified atom stereocenters. The number of halogens is 2. The maximum Gasteiger partial charge on any atom is 0.376 e. The van der Waals surface area contributed by atoms with Crippen LogP contribution in [0.4, 0.5) is 14.5 Å². The molecule has 2 aromatic rings. The van der Waals surface area contributed by atoms with Gasteiger partial charge in [0.2, 0.25) is 5.82 Å². The van der Waals surface area contributed by atoms with Crippen molar-refractivity contribution in [2.75, 3.05) is 12.8 Å². The molecule has 1 aromatic carbocycles. The number of aromatic nitrogens is 2. The maximum atomic E-state index is 13.7. The van der Waals surface area contributed by atoms with Gasteiger partial charge in [-0.25, -0.2) is 23.5 Å². The van der Waals surface area contributed by atoms with Crippen molar-refractivity contribution in [3.63, 3.8) is 0 Å². The van der Waals surface area contributed by atoms with Crippen molar-refractivity contribution in [1.29, 1.82) is 0 Å². The number of ether oxygens (including phenoxy) is 1. The van der Waals surface area contributed by atoms with Crippen molar-refractivity contribution in [2.45, 2.75) is 16.8 Å². The summed E-state index contributed by atoms with van der Waals surface area (Å²) in [6, 6.07) is 3.54. The number of rotatable bonds is 3. The van der Waals surface area contributed by atoms with Crippen LogP contribution in [0.2, 0.25) is 0 Å². The largest absolute Gasteiger partial charge is 0.463 e. The third kappa shape index (κ3) is 3.46. The van der Waals surface area contributed by atoms with E-state index in [1.165, 1.54) is 13.2 Å². The Labute approximate surface area is 123 Å². The molecule has 0 saturated heterocycles. The molecule has 1 aromatic heterocycles. The van der Waals surface area contributed by atoms with Gasteiger partial charge in [0.25, 0.3) is 0 Å². The van der Waals surface area contributed by atoms with Gasteiger partial charge in [-0.2, -0.15) is 0 Å². The van der Waals surface area contributed by atoms with Crippen LogP contribution in [0.15, 0.2) is 28.1 Å². The van der Waals surface area contributed by atoms with Crippen LogP contribution >= 0.6 is 11.8 Å². The third-order valence-electron chi connectivity index (χ3n) is 2.43. The van der Waals surface area contributed by atoms with E-state index in [1.807, 2.05) is 0 Å². The summed E-state index contributed by atoms with van der Waals surface area (Å²) in [4.78, 5) is 19.0. The number of nitrogens with two attached hydrogens (primary N) is 1. The molecule has 0 saturated carbocycles. The van der Waals surface area contributed by atoms with Crippen molar-refractivity contribution >= 4 is 23.4 Å². The molecule has 0 aliphatic carbocycles. The number of methoxy groups -OCH3 is 1. The van der Waals surface area contributed by atoms with Gasteiger partial charge in [0, 0.05) is 11.4 Å². The first kappa shape index (κ1) is 15.2. The van der Waals surface area contributed by atoms with Crippen molar-refractivity contribution in [3.8, 4) is 0 Å². The molecule has 1 heterocycles. The molecule has 0 atom stereocenters. The minimum atomic E-state index is -0.798. The van der Waals surface area contributed by atoms with Crippen LogP contribution < -0.4 is 5.73 Å². The molecule has 0 bridgehead atoms. The standard InChI is InChI=1S/C13H11F2N3O2S/c1-6-3-10(18-12(17-6)13(19)20-2)21-11-8(14)4-7(16)5-9(11)15/h3-5H,16H2,1-2H3. The molecule has 5 nitrogen and oxygen atoms in total. The second-order valence-corrected chi connectivity index (χ2v) is 5.11. The Hall–Kier alpha value is -2.22. The van der Waals surface area contributed by atoms with E-state index in [4.69, 9.17) is 5.73 Å². The summed E-state index contributed by atoms with van der Waals surface area (Å²) in [5, 5.41) is 0.227. The predicted octanol–water partition coefficient (Wildman–Crippen LogP) is 2.58. The SMILES string of the molecule is COC(=O)c1nc(C)cc(Sc2c(F)cc(N)cc2F)n1. The zero-order valence-corrected chi connectivity index (χ0v) is 12.0. The molecule has 0 amide bonds. The molecule has 0 radical (unpaired) electrons. The lowest BCUT2D eigenvalue weighted by Crippen LogP contribution is -2.09. The second-order valence-electron chi connectivity index (χ2n) is 4.08. The number of carbonyl (C=O) groups excluding carboxylic acids is 1. The van der Waals surface area contributed by atoms with Gasteiger partial charge < -0.3 is 10.5 Å².